The Balaban J connectivity index is 2.88. The first-order valence-corrected chi connectivity index (χ1v) is 7.27. The van der Waals surface area contributed by atoms with Crippen molar-refractivity contribution in [2.45, 2.75) is 10.5 Å². The van der Waals surface area contributed by atoms with E-state index in [2.05, 4.69) is 0 Å². The summed E-state index contributed by atoms with van der Waals surface area (Å²) < 4.78 is 9.22. The largest absolute Gasteiger partial charge is 0.469 e. The highest BCUT2D eigenvalue weighted by molar-refractivity contribution is 8.17. The highest BCUT2D eigenvalue weighted by atomic mass is 32.2. The number of ether oxygens (including phenoxy) is 2. The van der Waals surface area contributed by atoms with Crippen molar-refractivity contribution in [3.05, 3.63) is 0 Å². The van der Waals surface area contributed by atoms with Gasteiger partial charge in [0.1, 0.15) is 0 Å². The first kappa shape index (κ1) is 13.7. The van der Waals surface area contributed by atoms with Gasteiger partial charge in [-0.2, -0.15) is 0 Å². The standard InChI is InChI=1S/C10H16O4S2/c1-13-8(11)6-5-10(15-3,16-4)7(6)9(12)14-2/h6-7H,5H2,1-4H3. The van der Waals surface area contributed by atoms with Crippen molar-refractivity contribution in [3.63, 3.8) is 0 Å². The Hall–Kier alpha value is -0.360. The van der Waals surface area contributed by atoms with Gasteiger partial charge in [-0.1, -0.05) is 0 Å². The summed E-state index contributed by atoms with van der Waals surface area (Å²) in [6.07, 6.45) is 4.54. The summed E-state index contributed by atoms with van der Waals surface area (Å²) >= 11 is 3.19. The third-order valence-corrected chi connectivity index (χ3v) is 6.25. The van der Waals surface area contributed by atoms with E-state index in [0.717, 1.165) is 0 Å². The first-order chi connectivity index (χ1) is 7.56. The predicted octanol–water partition coefficient (Wildman–Crippen LogP) is 1.39. The van der Waals surface area contributed by atoms with E-state index in [1.165, 1.54) is 14.2 Å². The number of thioether (sulfide) groups is 2. The molecule has 16 heavy (non-hydrogen) atoms. The number of hydrogen-bond acceptors (Lipinski definition) is 6. The zero-order valence-electron chi connectivity index (χ0n) is 9.81. The highest BCUT2D eigenvalue weighted by Crippen LogP contribution is 2.58. The van der Waals surface area contributed by atoms with Crippen LogP contribution in [0.25, 0.3) is 0 Å². The van der Waals surface area contributed by atoms with Crippen LogP contribution in [0, 0.1) is 11.8 Å². The molecule has 2 atom stereocenters. The molecule has 6 heteroatoms. The first-order valence-electron chi connectivity index (χ1n) is 4.82. The molecule has 4 nitrogen and oxygen atoms in total. The van der Waals surface area contributed by atoms with E-state index < -0.39 is 5.92 Å². The second kappa shape index (κ2) is 5.31. The molecule has 0 heterocycles. The monoisotopic (exact) mass is 264 g/mol. The van der Waals surface area contributed by atoms with Gasteiger partial charge in [0.15, 0.2) is 0 Å². The van der Waals surface area contributed by atoms with Crippen molar-refractivity contribution >= 4 is 35.5 Å². The van der Waals surface area contributed by atoms with Gasteiger partial charge in [-0.3, -0.25) is 9.59 Å². The van der Waals surface area contributed by atoms with Crippen LogP contribution in [0.1, 0.15) is 6.42 Å². The molecule has 0 aromatic carbocycles. The van der Waals surface area contributed by atoms with E-state index in [-0.39, 0.29) is 21.9 Å². The maximum Gasteiger partial charge on any atom is 0.311 e. The number of methoxy groups -OCH3 is 2. The molecule has 0 spiro atoms. The quantitative estimate of drug-likeness (QED) is 0.565. The molecule has 92 valence electrons. The molecular formula is C10H16O4S2. The zero-order chi connectivity index (χ0) is 12.3. The Morgan fingerprint density at radius 3 is 2.00 bits per heavy atom. The fourth-order valence-corrected chi connectivity index (χ4v) is 4.43. The average Bonchev–Trinajstić information content (AvgIpc) is 2.28. The molecule has 1 aliphatic rings. The number of carbonyl (C=O) groups excluding carboxylic acids is 2. The number of rotatable bonds is 4. The van der Waals surface area contributed by atoms with Crippen molar-refractivity contribution in [2.24, 2.45) is 11.8 Å². The molecule has 0 N–H and O–H groups in total. The van der Waals surface area contributed by atoms with Gasteiger partial charge >= 0.3 is 11.9 Å². The van der Waals surface area contributed by atoms with E-state index in [4.69, 9.17) is 9.47 Å². The lowest BCUT2D eigenvalue weighted by molar-refractivity contribution is -0.164. The summed E-state index contributed by atoms with van der Waals surface area (Å²) in [5.41, 5.74) is 0. The van der Waals surface area contributed by atoms with Crippen molar-refractivity contribution in [3.8, 4) is 0 Å². The van der Waals surface area contributed by atoms with Gasteiger partial charge in [0.2, 0.25) is 0 Å². The number of esters is 2. The van der Waals surface area contributed by atoms with E-state index in [0.29, 0.717) is 6.42 Å². The van der Waals surface area contributed by atoms with E-state index >= 15 is 0 Å². The molecule has 2 unspecified atom stereocenters. The third kappa shape index (κ3) is 2.05. The molecule has 0 aliphatic heterocycles. The molecule has 0 bridgehead atoms. The molecule has 0 radical (unpaired) electrons. The maximum atomic E-state index is 11.7. The van der Waals surface area contributed by atoms with E-state index in [1.54, 1.807) is 23.5 Å². The second-order valence-electron chi connectivity index (χ2n) is 3.55. The fourth-order valence-electron chi connectivity index (χ4n) is 2.04. The minimum absolute atomic E-state index is 0.244. The Labute approximate surface area is 104 Å². The van der Waals surface area contributed by atoms with Gasteiger partial charge in [-0.15, -0.1) is 23.5 Å². The van der Waals surface area contributed by atoms with Crippen molar-refractivity contribution in [2.75, 3.05) is 26.7 Å². The minimum Gasteiger partial charge on any atom is -0.469 e. The number of hydrogen-bond donors (Lipinski definition) is 0. The average molecular weight is 264 g/mol. The SMILES string of the molecule is COC(=O)C1CC(SC)(SC)C1C(=O)OC. The summed E-state index contributed by atoms with van der Waals surface area (Å²) in [5, 5.41) is 0. The molecule has 0 amide bonds. The Bertz CT molecular complexity index is 289. The van der Waals surface area contributed by atoms with Crippen LogP contribution in [-0.2, 0) is 19.1 Å². The molecule has 1 saturated carbocycles. The summed E-state index contributed by atoms with van der Waals surface area (Å²) in [6.45, 7) is 0. The van der Waals surface area contributed by atoms with Crippen LogP contribution >= 0.6 is 23.5 Å². The van der Waals surface area contributed by atoms with Gasteiger partial charge in [0, 0.05) is 0 Å². The lowest BCUT2D eigenvalue weighted by Gasteiger charge is -2.49. The van der Waals surface area contributed by atoms with Crippen LogP contribution in [0.5, 0.6) is 0 Å². The molecule has 0 aromatic rings. The predicted molar refractivity (Wildman–Crippen MR) is 65.4 cm³/mol. The van der Waals surface area contributed by atoms with Crippen molar-refractivity contribution in [1.82, 2.24) is 0 Å². The Morgan fingerprint density at radius 2 is 1.62 bits per heavy atom. The summed E-state index contributed by atoms with van der Waals surface area (Å²) in [5.74, 6) is -1.42. The van der Waals surface area contributed by atoms with Crippen molar-refractivity contribution < 1.29 is 19.1 Å². The second-order valence-corrected chi connectivity index (χ2v) is 6.09. The summed E-state index contributed by atoms with van der Waals surface area (Å²) in [6, 6.07) is 0. The van der Waals surface area contributed by atoms with Crippen LogP contribution in [0.15, 0.2) is 0 Å². The summed E-state index contributed by atoms with van der Waals surface area (Å²) in [4.78, 5) is 23.2. The van der Waals surface area contributed by atoms with Gasteiger partial charge in [-0.25, -0.2) is 0 Å². The van der Waals surface area contributed by atoms with Gasteiger partial charge in [-0.05, 0) is 18.9 Å². The lowest BCUT2D eigenvalue weighted by atomic mass is 9.72. The molecule has 0 aromatic heterocycles. The smallest absolute Gasteiger partial charge is 0.311 e. The third-order valence-electron chi connectivity index (χ3n) is 3.03. The lowest BCUT2D eigenvalue weighted by Crippen LogP contribution is -2.56. The topological polar surface area (TPSA) is 52.6 Å². The van der Waals surface area contributed by atoms with Crippen LogP contribution in [0.4, 0.5) is 0 Å². The van der Waals surface area contributed by atoms with Crippen LogP contribution < -0.4 is 0 Å². The molecular weight excluding hydrogens is 248 g/mol. The van der Waals surface area contributed by atoms with Gasteiger partial charge in [0.25, 0.3) is 0 Å². The zero-order valence-corrected chi connectivity index (χ0v) is 11.4. The fraction of sp³-hybridized carbons (Fsp3) is 0.800. The Morgan fingerprint density at radius 1 is 1.12 bits per heavy atom. The number of carbonyl (C=O) groups is 2. The molecule has 1 rings (SSSR count). The van der Waals surface area contributed by atoms with E-state index in [1.807, 2.05) is 12.5 Å². The normalized spacial score (nSPS) is 26.8. The molecule has 1 fully saturated rings. The maximum absolute atomic E-state index is 11.7. The highest BCUT2D eigenvalue weighted by Gasteiger charge is 2.61. The van der Waals surface area contributed by atoms with Crippen molar-refractivity contribution in [1.29, 1.82) is 0 Å². The summed E-state index contributed by atoms with van der Waals surface area (Å²) in [7, 11) is 2.69. The molecule has 0 saturated heterocycles. The van der Waals surface area contributed by atoms with Crippen LogP contribution in [0.3, 0.4) is 0 Å². The minimum atomic E-state index is -0.407. The molecule has 1 aliphatic carbocycles. The van der Waals surface area contributed by atoms with Gasteiger partial charge in [0.05, 0.1) is 30.1 Å². The van der Waals surface area contributed by atoms with Crippen LogP contribution in [0.2, 0.25) is 0 Å². The van der Waals surface area contributed by atoms with Crippen LogP contribution in [-0.4, -0.2) is 42.7 Å². The van der Waals surface area contributed by atoms with Gasteiger partial charge < -0.3 is 9.47 Å². The Kier molecular flexibility index (Phi) is 4.55. The van der Waals surface area contributed by atoms with E-state index in [9.17, 15) is 9.59 Å².